The summed E-state index contributed by atoms with van der Waals surface area (Å²) in [6.45, 7) is 0.909. The third-order valence-corrected chi connectivity index (χ3v) is 3.50. The summed E-state index contributed by atoms with van der Waals surface area (Å²) in [5, 5.41) is 13.0. The van der Waals surface area contributed by atoms with Crippen molar-refractivity contribution in [3.63, 3.8) is 0 Å². The highest BCUT2D eigenvalue weighted by atomic mass is 19.1. The Kier molecular flexibility index (Phi) is 3.14. The van der Waals surface area contributed by atoms with Crippen LogP contribution in [0.2, 0.25) is 0 Å². The van der Waals surface area contributed by atoms with Crippen LogP contribution in [0.25, 0.3) is 10.9 Å². The third kappa shape index (κ3) is 2.36. The summed E-state index contributed by atoms with van der Waals surface area (Å²) in [7, 11) is 0. The monoisotopic (exact) mass is 275 g/mol. The van der Waals surface area contributed by atoms with Crippen LogP contribution in [-0.4, -0.2) is 40.2 Å². The van der Waals surface area contributed by atoms with Gasteiger partial charge in [0.2, 0.25) is 0 Å². The van der Waals surface area contributed by atoms with E-state index in [9.17, 15) is 9.18 Å². The molecule has 1 atom stereocenters. The lowest BCUT2D eigenvalue weighted by Gasteiger charge is -2.16. The van der Waals surface area contributed by atoms with Crippen LogP contribution in [0.1, 0.15) is 6.42 Å². The molecule has 0 saturated carbocycles. The molecule has 0 spiro atoms. The summed E-state index contributed by atoms with van der Waals surface area (Å²) in [6.07, 6.45) is 1.41. The maximum absolute atomic E-state index is 13.6. The number of rotatable bonds is 2. The van der Waals surface area contributed by atoms with Crippen LogP contribution in [0.5, 0.6) is 0 Å². The Morgan fingerprint density at radius 3 is 3.10 bits per heavy atom. The van der Waals surface area contributed by atoms with Gasteiger partial charge in [-0.1, -0.05) is 0 Å². The number of carboxylic acid groups (broad SMARTS) is 1. The first-order chi connectivity index (χ1) is 9.63. The zero-order chi connectivity index (χ0) is 14.1. The molecule has 20 heavy (non-hydrogen) atoms. The standard InChI is InChI=1S/C14H14FN3O2/c15-9-6-12-11(2-1-4-16-12)13(7-9)17-10-3-5-18(8-10)14(19)20/h1-2,4,6-7,10,17H,3,5,8H2,(H,19,20)/t10-/m1/s1. The van der Waals surface area contributed by atoms with Crippen molar-refractivity contribution in [2.75, 3.05) is 18.4 Å². The van der Waals surface area contributed by atoms with Crippen LogP contribution in [0.4, 0.5) is 14.9 Å². The molecule has 3 rings (SSSR count). The number of hydrogen-bond donors (Lipinski definition) is 2. The summed E-state index contributed by atoms with van der Waals surface area (Å²) < 4.78 is 13.6. The molecule has 5 nitrogen and oxygen atoms in total. The Labute approximate surface area is 115 Å². The number of hydrogen-bond acceptors (Lipinski definition) is 3. The predicted molar refractivity (Wildman–Crippen MR) is 73.3 cm³/mol. The first-order valence-corrected chi connectivity index (χ1v) is 6.42. The third-order valence-electron chi connectivity index (χ3n) is 3.50. The number of halogens is 1. The molecule has 2 heterocycles. The number of benzene rings is 1. The molecule has 1 saturated heterocycles. The second-order valence-electron chi connectivity index (χ2n) is 4.88. The van der Waals surface area contributed by atoms with E-state index in [2.05, 4.69) is 10.3 Å². The molecule has 0 bridgehead atoms. The van der Waals surface area contributed by atoms with Crippen molar-refractivity contribution in [1.29, 1.82) is 0 Å². The minimum Gasteiger partial charge on any atom is -0.465 e. The Hall–Kier alpha value is -2.37. The fourth-order valence-corrected chi connectivity index (χ4v) is 2.54. The minimum absolute atomic E-state index is 0.00342. The van der Waals surface area contributed by atoms with Crippen molar-refractivity contribution >= 4 is 22.7 Å². The normalized spacial score (nSPS) is 18.4. The van der Waals surface area contributed by atoms with E-state index in [1.807, 2.05) is 6.07 Å². The van der Waals surface area contributed by atoms with Crippen LogP contribution in [0.15, 0.2) is 30.5 Å². The van der Waals surface area contributed by atoms with Crippen LogP contribution in [0, 0.1) is 5.82 Å². The van der Waals surface area contributed by atoms with Gasteiger partial charge in [-0.15, -0.1) is 0 Å². The van der Waals surface area contributed by atoms with Crippen molar-refractivity contribution < 1.29 is 14.3 Å². The van der Waals surface area contributed by atoms with Gasteiger partial charge in [0.25, 0.3) is 0 Å². The fraction of sp³-hybridized carbons (Fsp3) is 0.286. The smallest absolute Gasteiger partial charge is 0.407 e. The number of amides is 1. The van der Waals surface area contributed by atoms with Gasteiger partial charge in [-0.05, 0) is 24.6 Å². The van der Waals surface area contributed by atoms with Crippen LogP contribution >= 0.6 is 0 Å². The molecule has 2 N–H and O–H groups in total. The van der Waals surface area contributed by atoms with Gasteiger partial charge >= 0.3 is 6.09 Å². The quantitative estimate of drug-likeness (QED) is 0.884. The lowest BCUT2D eigenvalue weighted by molar-refractivity contribution is 0.155. The van der Waals surface area contributed by atoms with Gasteiger partial charge in [0, 0.05) is 42.5 Å². The molecule has 1 aromatic heterocycles. The highest BCUT2D eigenvalue weighted by Crippen LogP contribution is 2.25. The van der Waals surface area contributed by atoms with E-state index < -0.39 is 6.09 Å². The average Bonchev–Trinajstić information content (AvgIpc) is 2.87. The second kappa shape index (κ2) is 4.96. The van der Waals surface area contributed by atoms with Gasteiger partial charge in [-0.3, -0.25) is 4.98 Å². The van der Waals surface area contributed by atoms with E-state index >= 15 is 0 Å². The molecule has 6 heteroatoms. The summed E-state index contributed by atoms with van der Waals surface area (Å²) >= 11 is 0. The molecule has 0 radical (unpaired) electrons. The summed E-state index contributed by atoms with van der Waals surface area (Å²) in [5.74, 6) is -0.355. The lowest BCUT2D eigenvalue weighted by Crippen LogP contribution is -2.30. The summed E-state index contributed by atoms with van der Waals surface area (Å²) in [5.41, 5.74) is 1.24. The van der Waals surface area contributed by atoms with Crippen LogP contribution in [-0.2, 0) is 0 Å². The molecule has 2 aromatic rings. The molecule has 1 aliphatic heterocycles. The second-order valence-corrected chi connectivity index (χ2v) is 4.88. The van der Waals surface area contributed by atoms with Crippen molar-refractivity contribution in [2.45, 2.75) is 12.5 Å². The SMILES string of the molecule is O=C(O)N1CC[C@@H](Nc2cc(F)cc3ncccc23)C1. The molecule has 0 unspecified atom stereocenters. The highest BCUT2D eigenvalue weighted by Gasteiger charge is 2.26. The predicted octanol–water partition coefficient (Wildman–Crippen LogP) is 2.54. The van der Waals surface area contributed by atoms with E-state index in [1.165, 1.54) is 17.0 Å². The molecular formula is C14H14FN3O2. The van der Waals surface area contributed by atoms with E-state index in [-0.39, 0.29) is 11.9 Å². The van der Waals surface area contributed by atoms with E-state index in [0.717, 1.165) is 5.39 Å². The van der Waals surface area contributed by atoms with Crippen molar-refractivity contribution in [1.82, 2.24) is 9.88 Å². The lowest BCUT2D eigenvalue weighted by atomic mass is 10.1. The Balaban J connectivity index is 1.86. The number of aromatic nitrogens is 1. The molecule has 0 aliphatic carbocycles. The van der Waals surface area contributed by atoms with Gasteiger partial charge in [-0.2, -0.15) is 0 Å². The Morgan fingerprint density at radius 1 is 1.50 bits per heavy atom. The number of carbonyl (C=O) groups is 1. The van der Waals surface area contributed by atoms with Crippen LogP contribution in [0.3, 0.4) is 0 Å². The first kappa shape index (κ1) is 12.7. The minimum atomic E-state index is -0.917. The van der Waals surface area contributed by atoms with Crippen LogP contribution < -0.4 is 5.32 Å². The largest absolute Gasteiger partial charge is 0.465 e. The molecule has 1 aliphatic rings. The van der Waals surface area contributed by atoms with E-state index in [1.54, 1.807) is 12.3 Å². The number of fused-ring (bicyclic) bond motifs is 1. The molecule has 1 aromatic carbocycles. The van der Waals surface area contributed by atoms with E-state index in [0.29, 0.717) is 30.7 Å². The maximum atomic E-state index is 13.6. The number of likely N-dealkylation sites (tertiary alicyclic amines) is 1. The van der Waals surface area contributed by atoms with Gasteiger partial charge in [0.05, 0.1) is 5.52 Å². The summed E-state index contributed by atoms with van der Waals surface area (Å²) in [6, 6.07) is 6.47. The van der Waals surface area contributed by atoms with Gasteiger partial charge in [-0.25, -0.2) is 9.18 Å². The van der Waals surface area contributed by atoms with Crippen molar-refractivity contribution in [3.8, 4) is 0 Å². The van der Waals surface area contributed by atoms with Gasteiger partial charge in [0.1, 0.15) is 5.82 Å². The number of nitrogens with one attached hydrogen (secondary N) is 1. The van der Waals surface area contributed by atoms with Crippen molar-refractivity contribution in [2.24, 2.45) is 0 Å². The van der Waals surface area contributed by atoms with Gasteiger partial charge in [0.15, 0.2) is 0 Å². The molecule has 1 fully saturated rings. The molecule has 104 valence electrons. The summed E-state index contributed by atoms with van der Waals surface area (Å²) in [4.78, 5) is 16.4. The zero-order valence-corrected chi connectivity index (χ0v) is 10.7. The number of pyridine rings is 1. The van der Waals surface area contributed by atoms with E-state index in [4.69, 9.17) is 5.11 Å². The first-order valence-electron chi connectivity index (χ1n) is 6.42. The average molecular weight is 275 g/mol. The molecular weight excluding hydrogens is 261 g/mol. The topological polar surface area (TPSA) is 65.5 Å². The Morgan fingerprint density at radius 2 is 2.35 bits per heavy atom. The van der Waals surface area contributed by atoms with Crippen molar-refractivity contribution in [3.05, 3.63) is 36.3 Å². The zero-order valence-electron chi connectivity index (χ0n) is 10.7. The Bertz CT molecular complexity index is 662. The highest BCUT2D eigenvalue weighted by molar-refractivity contribution is 5.91. The fourth-order valence-electron chi connectivity index (χ4n) is 2.54. The number of anilines is 1. The van der Waals surface area contributed by atoms with Gasteiger partial charge < -0.3 is 15.3 Å². The maximum Gasteiger partial charge on any atom is 0.407 e. The number of nitrogens with zero attached hydrogens (tertiary/aromatic N) is 2. The molecule has 1 amide bonds.